The molecule has 2 N–H and O–H groups in total. The number of carbonyl (C=O) groups is 1. The Labute approximate surface area is 135 Å². The Hall–Kier alpha value is -1.07. The van der Waals surface area contributed by atoms with Crippen LogP contribution in [0.5, 0.6) is 5.75 Å². The molecule has 4 nitrogen and oxygen atoms in total. The quantitative estimate of drug-likeness (QED) is 0.788. The first kappa shape index (κ1) is 18.0. The summed E-state index contributed by atoms with van der Waals surface area (Å²) in [7, 11) is 0. The van der Waals surface area contributed by atoms with Crippen LogP contribution in [0.2, 0.25) is 0 Å². The molecule has 0 aliphatic heterocycles. The molecular weight excluding hydrogens is 332 g/mol. The van der Waals surface area contributed by atoms with Crippen molar-refractivity contribution in [1.82, 2.24) is 10.6 Å². The molecular formula is C16H25BrN2O2. The number of halogens is 1. The maximum Gasteiger partial charge on any atom is 0.223 e. The minimum Gasteiger partial charge on any atom is -0.493 e. The standard InChI is InChI=1S/C16H25BrN2O2/c1-5-18-15(20)8-9-21-14-7-6-13(17)10-12(14)11-19-16(2,3)4/h6-7,10,19H,5,8-9,11H2,1-4H3,(H,18,20). The van der Waals surface area contributed by atoms with E-state index in [1.807, 2.05) is 25.1 Å². The van der Waals surface area contributed by atoms with Crippen molar-refractivity contribution in [2.75, 3.05) is 13.2 Å². The van der Waals surface area contributed by atoms with Crippen LogP contribution in [0.1, 0.15) is 39.7 Å². The van der Waals surface area contributed by atoms with Crippen LogP contribution in [-0.2, 0) is 11.3 Å². The molecule has 21 heavy (non-hydrogen) atoms. The number of benzene rings is 1. The molecule has 0 aliphatic rings. The monoisotopic (exact) mass is 356 g/mol. The summed E-state index contributed by atoms with van der Waals surface area (Å²) in [4.78, 5) is 11.4. The van der Waals surface area contributed by atoms with Crippen molar-refractivity contribution in [3.63, 3.8) is 0 Å². The molecule has 1 amide bonds. The fourth-order valence-corrected chi connectivity index (χ4v) is 2.14. The molecule has 0 heterocycles. The number of ether oxygens (including phenoxy) is 1. The van der Waals surface area contributed by atoms with Crippen molar-refractivity contribution in [2.45, 2.75) is 46.2 Å². The highest BCUT2D eigenvalue weighted by Crippen LogP contribution is 2.24. The van der Waals surface area contributed by atoms with Crippen molar-refractivity contribution in [2.24, 2.45) is 0 Å². The zero-order chi connectivity index (χ0) is 15.9. The predicted octanol–water partition coefficient (Wildman–Crippen LogP) is 3.24. The Balaban J connectivity index is 2.62. The van der Waals surface area contributed by atoms with Gasteiger partial charge in [0.1, 0.15) is 5.75 Å². The van der Waals surface area contributed by atoms with E-state index >= 15 is 0 Å². The van der Waals surface area contributed by atoms with E-state index in [1.54, 1.807) is 0 Å². The summed E-state index contributed by atoms with van der Waals surface area (Å²) in [6, 6.07) is 5.92. The number of amides is 1. The van der Waals surface area contributed by atoms with Gasteiger partial charge >= 0.3 is 0 Å². The molecule has 0 aliphatic carbocycles. The van der Waals surface area contributed by atoms with Gasteiger partial charge in [-0.2, -0.15) is 0 Å². The second-order valence-corrected chi connectivity index (χ2v) is 6.82. The van der Waals surface area contributed by atoms with E-state index in [0.717, 1.165) is 22.3 Å². The highest BCUT2D eigenvalue weighted by Gasteiger charge is 2.12. The Bertz CT molecular complexity index is 470. The molecule has 118 valence electrons. The zero-order valence-corrected chi connectivity index (χ0v) is 14.8. The molecule has 0 atom stereocenters. The van der Waals surface area contributed by atoms with Gasteiger partial charge in [-0.25, -0.2) is 0 Å². The van der Waals surface area contributed by atoms with E-state index < -0.39 is 0 Å². The van der Waals surface area contributed by atoms with Crippen LogP contribution in [-0.4, -0.2) is 24.6 Å². The van der Waals surface area contributed by atoms with Crippen LogP contribution >= 0.6 is 15.9 Å². The van der Waals surface area contributed by atoms with Crippen molar-refractivity contribution in [3.8, 4) is 5.75 Å². The largest absolute Gasteiger partial charge is 0.493 e. The SMILES string of the molecule is CCNC(=O)CCOc1ccc(Br)cc1CNC(C)(C)C. The van der Waals surface area contributed by atoms with Crippen LogP contribution in [0.4, 0.5) is 0 Å². The average Bonchev–Trinajstić information content (AvgIpc) is 2.38. The van der Waals surface area contributed by atoms with Crippen molar-refractivity contribution >= 4 is 21.8 Å². The number of rotatable bonds is 7. The zero-order valence-electron chi connectivity index (χ0n) is 13.3. The third-order valence-electron chi connectivity index (χ3n) is 2.79. The first-order valence-electron chi connectivity index (χ1n) is 7.25. The van der Waals surface area contributed by atoms with Crippen molar-refractivity contribution in [3.05, 3.63) is 28.2 Å². The van der Waals surface area contributed by atoms with E-state index in [-0.39, 0.29) is 11.4 Å². The molecule has 0 bridgehead atoms. The molecule has 0 saturated carbocycles. The van der Waals surface area contributed by atoms with Crippen LogP contribution in [0.3, 0.4) is 0 Å². The topological polar surface area (TPSA) is 50.4 Å². The minimum absolute atomic E-state index is 0.0176. The third kappa shape index (κ3) is 7.48. The van der Waals surface area contributed by atoms with Crippen LogP contribution < -0.4 is 15.4 Å². The lowest BCUT2D eigenvalue weighted by Crippen LogP contribution is -2.35. The maximum atomic E-state index is 11.4. The van der Waals surface area contributed by atoms with Gasteiger partial charge in [0.2, 0.25) is 5.91 Å². The van der Waals surface area contributed by atoms with Gasteiger partial charge in [-0.15, -0.1) is 0 Å². The minimum atomic E-state index is 0.0176. The number of hydrogen-bond acceptors (Lipinski definition) is 3. The molecule has 0 radical (unpaired) electrons. The lowest BCUT2D eigenvalue weighted by Gasteiger charge is -2.22. The summed E-state index contributed by atoms with van der Waals surface area (Å²) in [6.45, 7) is 10.0. The molecule has 0 spiro atoms. The smallest absolute Gasteiger partial charge is 0.223 e. The van der Waals surface area contributed by atoms with Crippen LogP contribution in [0, 0.1) is 0 Å². The summed E-state index contributed by atoms with van der Waals surface area (Å²) in [6.07, 6.45) is 0.371. The fraction of sp³-hybridized carbons (Fsp3) is 0.562. The Morgan fingerprint density at radius 3 is 2.67 bits per heavy atom. The lowest BCUT2D eigenvalue weighted by molar-refractivity contribution is -0.121. The summed E-state index contributed by atoms with van der Waals surface area (Å²) >= 11 is 3.48. The fourth-order valence-electron chi connectivity index (χ4n) is 1.73. The predicted molar refractivity (Wildman–Crippen MR) is 89.5 cm³/mol. The van der Waals surface area contributed by atoms with Gasteiger partial charge in [0.25, 0.3) is 0 Å². The van der Waals surface area contributed by atoms with E-state index in [4.69, 9.17) is 4.74 Å². The summed E-state index contributed by atoms with van der Waals surface area (Å²) in [5.74, 6) is 0.836. The van der Waals surface area contributed by atoms with Gasteiger partial charge in [0.05, 0.1) is 13.0 Å². The summed E-state index contributed by atoms with van der Waals surface area (Å²) in [5, 5.41) is 6.21. The summed E-state index contributed by atoms with van der Waals surface area (Å²) < 4.78 is 6.77. The number of carbonyl (C=O) groups excluding carboxylic acids is 1. The van der Waals surface area contributed by atoms with Gasteiger partial charge < -0.3 is 15.4 Å². The van der Waals surface area contributed by atoms with Gasteiger partial charge in [-0.3, -0.25) is 4.79 Å². The van der Waals surface area contributed by atoms with Crippen molar-refractivity contribution < 1.29 is 9.53 Å². The average molecular weight is 357 g/mol. The molecule has 0 unspecified atom stereocenters. The van der Waals surface area contributed by atoms with E-state index in [2.05, 4.69) is 47.3 Å². The van der Waals surface area contributed by atoms with Crippen LogP contribution in [0.15, 0.2) is 22.7 Å². The van der Waals surface area contributed by atoms with E-state index in [9.17, 15) is 4.79 Å². The first-order chi connectivity index (χ1) is 9.81. The molecule has 0 aromatic heterocycles. The number of hydrogen-bond donors (Lipinski definition) is 2. The molecule has 1 rings (SSSR count). The molecule has 0 fully saturated rings. The molecule has 1 aromatic carbocycles. The van der Waals surface area contributed by atoms with Crippen LogP contribution in [0.25, 0.3) is 0 Å². The highest BCUT2D eigenvalue weighted by molar-refractivity contribution is 9.10. The first-order valence-corrected chi connectivity index (χ1v) is 8.04. The second kappa shape index (κ2) is 8.39. The Kier molecular flexibility index (Phi) is 7.18. The third-order valence-corrected chi connectivity index (χ3v) is 3.29. The second-order valence-electron chi connectivity index (χ2n) is 5.91. The molecule has 0 saturated heterocycles. The van der Waals surface area contributed by atoms with Crippen molar-refractivity contribution in [1.29, 1.82) is 0 Å². The normalized spacial score (nSPS) is 11.3. The molecule has 5 heteroatoms. The Morgan fingerprint density at radius 1 is 1.33 bits per heavy atom. The van der Waals surface area contributed by atoms with Gasteiger partial charge in [-0.1, -0.05) is 15.9 Å². The number of nitrogens with one attached hydrogen (secondary N) is 2. The molecule has 1 aromatic rings. The van der Waals surface area contributed by atoms with Gasteiger partial charge in [-0.05, 0) is 45.9 Å². The van der Waals surface area contributed by atoms with E-state index in [1.165, 1.54) is 0 Å². The van der Waals surface area contributed by atoms with Gasteiger partial charge in [0, 0.05) is 28.7 Å². The van der Waals surface area contributed by atoms with Gasteiger partial charge in [0.15, 0.2) is 0 Å². The summed E-state index contributed by atoms with van der Waals surface area (Å²) in [5.41, 5.74) is 1.12. The highest BCUT2D eigenvalue weighted by atomic mass is 79.9. The Morgan fingerprint density at radius 2 is 2.05 bits per heavy atom. The van der Waals surface area contributed by atoms with E-state index in [0.29, 0.717) is 19.6 Å². The maximum absolute atomic E-state index is 11.4. The lowest BCUT2D eigenvalue weighted by atomic mass is 10.1.